The van der Waals surface area contributed by atoms with Gasteiger partial charge in [0.05, 0.1) is 34.3 Å². The second-order valence-electron chi connectivity index (χ2n) is 9.32. The Balaban J connectivity index is 1.61. The fourth-order valence-corrected chi connectivity index (χ4v) is 4.94. The predicted octanol–water partition coefficient (Wildman–Crippen LogP) is 5.41. The molecule has 2 heterocycles. The lowest BCUT2D eigenvalue weighted by Crippen LogP contribution is -2.36. The van der Waals surface area contributed by atoms with Crippen molar-refractivity contribution in [2.24, 2.45) is 11.1 Å². The van der Waals surface area contributed by atoms with Crippen LogP contribution in [-0.4, -0.2) is 27.5 Å². The van der Waals surface area contributed by atoms with Crippen molar-refractivity contribution in [2.45, 2.75) is 38.6 Å². The van der Waals surface area contributed by atoms with Gasteiger partial charge in [0.25, 0.3) is 5.91 Å². The van der Waals surface area contributed by atoms with E-state index in [4.69, 9.17) is 33.7 Å². The Kier molecular flexibility index (Phi) is 6.52. The molecular weight excluding hydrogens is 520 g/mol. The van der Waals surface area contributed by atoms with Gasteiger partial charge in [-0.1, -0.05) is 35.3 Å². The van der Waals surface area contributed by atoms with Crippen LogP contribution in [0.3, 0.4) is 0 Å². The van der Waals surface area contributed by atoms with E-state index in [2.05, 4.69) is 4.98 Å². The van der Waals surface area contributed by atoms with Crippen LogP contribution in [0.5, 0.6) is 0 Å². The second kappa shape index (κ2) is 9.52. The summed E-state index contributed by atoms with van der Waals surface area (Å²) in [6, 6.07) is 12.5. The number of primary amides is 1. The number of halogens is 3. The molecule has 2 aliphatic rings. The summed E-state index contributed by atoms with van der Waals surface area (Å²) >= 11 is 12.0. The van der Waals surface area contributed by atoms with Gasteiger partial charge in [-0.15, -0.1) is 0 Å². The van der Waals surface area contributed by atoms with Crippen molar-refractivity contribution in [3.8, 4) is 0 Å². The zero-order valence-electron chi connectivity index (χ0n) is 19.7. The van der Waals surface area contributed by atoms with E-state index in [-0.39, 0.29) is 29.0 Å². The molecule has 1 aliphatic heterocycles. The zero-order valence-corrected chi connectivity index (χ0v) is 21.2. The van der Waals surface area contributed by atoms with Gasteiger partial charge in [-0.2, -0.15) is 0 Å². The van der Waals surface area contributed by atoms with E-state index in [9.17, 15) is 14.4 Å². The molecule has 2 aromatic carbocycles. The van der Waals surface area contributed by atoms with Crippen LogP contribution in [0.1, 0.15) is 69.6 Å². The van der Waals surface area contributed by atoms with E-state index in [1.807, 2.05) is 0 Å². The molecule has 1 fully saturated rings. The molecular formula is C27H22Cl2FN3O4. The van der Waals surface area contributed by atoms with Crippen molar-refractivity contribution >= 4 is 40.8 Å². The number of carbonyl (C=O) groups is 3. The van der Waals surface area contributed by atoms with Crippen molar-refractivity contribution in [2.75, 3.05) is 0 Å². The summed E-state index contributed by atoms with van der Waals surface area (Å²) in [5.74, 6) is -2.21. The summed E-state index contributed by atoms with van der Waals surface area (Å²) in [4.78, 5) is 43.7. The quantitative estimate of drug-likeness (QED) is 0.384. The van der Waals surface area contributed by atoms with Crippen molar-refractivity contribution in [1.29, 1.82) is 0 Å². The number of aromatic nitrogens is 1. The molecule has 3 aromatic rings. The maximum absolute atomic E-state index is 15.5. The molecule has 7 nitrogen and oxygen atoms in total. The molecule has 2 unspecified atom stereocenters. The number of hydrogen-bond donors (Lipinski definition) is 1. The molecule has 10 heteroatoms. The summed E-state index contributed by atoms with van der Waals surface area (Å²) in [6.07, 6.45) is 0.316. The topological polar surface area (TPSA) is 103 Å². The molecule has 5 rings (SSSR count). The van der Waals surface area contributed by atoms with Crippen molar-refractivity contribution < 1.29 is 23.5 Å². The highest BCUT2D eigenvalue weighted by atomic mass is 35.5. The molecule has 1 aromatic heterocycles. The smallest absolute Gasteiger partial charge is 0.257 e. The number of nitrogens with zero attached hydrogens (tertiary/aromatic N) is 2. The van der Waals surface area contributed by atoms with Crippen molar-refractivity contribution in [1.82, 2.24) is 9.88 Å². The van der Waals surface area contributed by atoms with Crippen LogP contribution in [0.15, 0.2) is 54.7 Å². The zero-order chi connectivity index (χ0) is 26.5. The molecule has 1 saturated carbocycles. The first kappa shape index (κ1) is 25.3. The summed E-state index contributed by atoms with van der Waals surface area (Å²) in [5.41, 5.74) is 5.96. The third-order valence-electron chi connectivity index (χ3n) is 6.90. The first-order chi connectivity index (χ1) is 17.6. The molecule has 2 amide bonds. The average molecular weight is 542 g/mol. The van der Waals surface area contributed by atoms with Gasteiger partial charge >= 0.3 is 0 Å². The number of ketones is 1. The summed E-state index contributed by atoms with van der Waals surface area (Å²) in [7, 11) is 0. The Morgan fingerprint density at radius 1 is 1.16 bits per heavy atom. The van der Waals surface area contributed by atoms with E-state index >= 15 is 4.39 Å². The summed E-state index contributed by atoms with van der Waals surface area (Å²) in [5, 5.41) is 0.913. The minimum absolute atomic E-state index is 0.0109. The second-order valence-corrected chi connectivity index (χ2v) is 10.2. The molecule has 0 bridgehead atoms. The van der Waals surface area contributed by atoms with E-state index in [0.717, 1.165) is 6.07 Å². The molecule has 37 heavy (non-hydrogen) atoms. The van der Waals surface area contributed by atoms with Crippen molar-refractivity contribution in [3.63, 3.8) is 0 Å². The van der Waals surface area contributed by atoms with Gasteiger partial charge < -0.3 is 15.4 Å². The Labute approximate surface area is 222 Å². The predicted molar refractivity (Wildman–Crippen MR) is 134 cm³/mol. The molecule has 0 spiro atoms. The Hall–Kier alpha value is -3.33. The fourth-order valence-electron chi connectivity index (χ4n) is 4.70. The highest BCUT2D eigenvalue weighted by molar-refractivity contribution is 6.30. The number of rotatable bonds is 8. The number of nitrogens with two attached hydrogens (primary N) is 1. The third-order valence-corrected chi connectivity index (χ3v) is 7.37. The molecule has 2 N–H and O–H groups in total. The van der Waals surface area contributed by atoms with Gasteiger partial charge in [-0.25, -0.2) is 4.39 Å². The number of fused-ring (bicyclic) bond motifs is 1. The highest BCUT2D eigenvalue weighted by Crippen LogP contribution is 2.58. The first-order valence-electron chi connectivity index (χ1n) is 11.6. The fraction of sp³-hybridized carbons (Fsp3) is 0.259. The number of Topliss-reactive ketones (excluding diaryl/α,β-unsaturated/α-hetero) is 1. The van der Waals surface area contributed by atoms with Crippen LogP contribution < -0.4 is 5.73 Å². The molecule has 1 aliphatic carbocycles. The van der Waals surface area contributed by atoms with Crippen LogP contribution in [0.4, 0.5) is 4.39 Å². The lowest BCUT2D eigenvalue weighted by molar-refractivity contribution is -0.143. The Morgan fingerprint density at radius 3 is 2.41 bits per heavy atom. The van der Waals surface area contributed by atoms with Crippen LogP contribution in [0, 0.1) is 11.2 Å². The number of carbonyl (C=O) groups excluding carboxylic acids is 3. The highest BCUT2D eigenvalue weighted by Gasteiger charge is 2.57. The van der Waals surface area contributed by atoms with Gasteiger partial charge in [0.15, 0.2) is 12.0 Å². The maximum Gasteiger partial charge on any atom is 0.257 e. The lowest BCUT2D eigenvalue weighted by Gasteiger charge is -2.33. The number of benzene rings is 2. The molecule has 0 saturated heterocycles. The Bertz CT molecular complexity index is 1410. The molecule has 190 valence electrons. The first-order valence-corrected chi connectivity index (χ1v) is 12.3. The van der Waals surface area contributed by atoms with Gasteiger partial charge in [-0.3, -0.25) is 19.4 Å². The molecule has 0 radical (unpaired) electrons. The van der Waals surface area contributed by atoms with Gasteiger partial charge in [-0.05, 0) is 61.7 Å². The third kappa shape index (κ3) is 4.61. The van der Waals surface area contributed by atoms with Gasteiger partial charge in [0, 0.05) is 22.3 Å². The van der Waals surface area contributed by atoms with Crippen LogP contribution in [-0.2, 0) is 16.1 Å². The largest absolute Gasteiger partial charge is 0.369 e. The van der Waals surface area contributed by atoms with E-state index < -0.39 is 35.4 Å². The van der Waals surface area contributed by atoms with Crippen LogP contribution >= 0.6 is 23.2 Å². The minimum atomic E-state index is -1.21. The minimum Gasteiger partial charge on any atom is -0.369 e. The number of pyridine rings is 1. The SMILES string of the molecule is CC(=O)c1cc(F)c2c(c1)C(=O)N(Cc1ccc(Cl)cn1)C2OC(c1ccc(Cl)cc1)C1(C(N)=O)CC1. The normalized spacial score (nSPS) is 18.4. The number of ether oxygens (including phenoxy) is 1. The van der Waals surface area contributed by atoms with Crippen LogP contribution in [0.25, 0.3) is 0 Å². The standard InChI is InChI=1S/C27H22Cl2FN3O4/c1-14(34)16-10-20-22(21(30)11-16)25(33(24(20)35)13-19-7-6-18(29)12-32-19)37-23(27(8-9-27)26(31)36)15-2-4-17(28)5-3-15/h2-7,10-12,23,25H,8-9,13H2,1H3,(H2,31,36). The molecule has 2 atom stereocenters. The van der Waals surface area contributed by atoms with Crippen LogP contribution in [0.2, 0.25) is 10.0 Å². The summed E-state index contributed by atoms with van der Waals surface area (Å²) < 4.78 is 22.0. The average Bonchev–Trinajstić information content (AvgIpc) is 3.63. The number of hydrogen-bond acceptors (Lipinski definition) is 5. The van der Waals surface area contributed by atoms with E-state index in [0.29, 0.717) is 34.1 Å². The number of amides is 2. The monoisotopic (exact) mass is 541 g/mol. The van der Waals surface area contributed by atoms with E-state index in [1.165, 1.54) is 24.1 Å². The van der Waals surface area contributed by atoms with E-state index in [1.54, 1.807) is 36.4 Å². The van der Waals surface area contributed by atoms with Gasteiger partial charge in [0.2, 0.25) is 5.91 Å². The maximum atomic E-state index is 15.5. The Morgan fingerprint density at radius 2 is 1.84 bits per heavy atom. The lowest BCUT2D eigenvalue weighted by atomic mass is 9.91. The van der Waals surface area contributed by atoms with Crippen molar-refractivity contribution in [3.05, 3.63) is 98.5 Å². The summed E-state index contributed by atoms with van der Waals surface area (Å²) in [6.45, 7) is 1.27. The van der Waals surface area contributed by atoms with Gasteiger partial charge in [0.1, 0.15) is 5.82 Å².